The van der Waals surface area contributed by atoms with Gasteiger partial charge in [-0.1, -0.05) is 103 Å². The molecule has 0 fully saturated rings. The van der Waals surface area contributed by atoms with Crippen LogP contribution in [-0.4, -0.2) is 72.7 Å². The van der Waals surface area contributed by atoms with Crippen molar-refractivity contribution in [3.8, 4) is 0 Å². The lowest BCUT2D eigenvalue weighted by atomic mass is 9.99. The molecule has 11 nitrogen and oxygen atoms in total. The average molecular weight is 713 g/mol. The normalized spacial score (nSPS) is 14.0. The third-order valence-electron chi connectivity index (χ3n) is 6.29. The number of carbonyl (C=O) groups excluding carboxylic acids is 2. The number of alkyl carbamates (subject to hydrolysis) is 2. The van der Waals surface area contributed by atoms with E-state index in [1.165, 1.54) is 21.6 Å². The molecule has 262 valence electrons. The minimum atomic E-state index is -3.92. The fourth-order valence-corrected chi connectivity index (χ4v) is 8.17. The van der Waals surface area contributed by atoms with Crippen LogP contribution in [0.25, 0.3) is 0 Å². The highest BCUT2D eigenvalue weighted by Crippen LogP contribution is 2.34. The standard InChI is InChI=1S/C33H48N2O9S3/c1-32(2,3)23-43-47(40,41)20-19-26(34-30(38)42-21-25-15-11-8-12-16-25)28(18-17-24-13-9-7-10-14-24)46-45-22-27(29(36)37)35-31(39)44-33(4,5)6/h7-16,26-28H,17-23H2,1-6H3,(H,34,38)(H,35,39)(H,36,37). The molecule has 0 aliphatic rings. The summed E-state index contributed by atoms with van der Waals surface area (Å²) in [5.74, 6) is -1.59. The molecule has 14 heteroatoms. The van der Waals surface area contributed by atoms with Crippen molar-refractivity contribution in [1.29, 1.82) is 0 Å². The number of benzene rings is 2. The molecule has 2 rings (SSSR count). The molecule has 0 aliphatic heterocycles. The highest BCUT2D eigenvalue weighted by atomic mass is 33.1. The van der Waals surface area contributed by atoms with Gasteiger partial charge in [0.1, 0.15) is 18.2 Å². The lowest BCUT2D eigenvalue weighted by Crippen LogP contribution is -2.45. The number of rotatable bonds is 18. The number of hydrogen-bond donors (Lipinski definition) is 3. The maximum Gasteiger partial charge on any atom is 0.408 e. The summed E-state index contributed by atoms with van der Waals surface area (Å²) in [5, 5.41) is 14.6. The highest BCUT2D eigenvalue weighted by Gasteiger charge is 2.30. The van der Waals surface area contributed by atoms with Crippen LogP contribution in [0.5, 0.6) is 0 Å². The van der Waals surface area contributed by atoms with Crippen LogP contribution in [0.2, 0.25) is 0 Å². The third-order valence-corrected chi connectivity index (χ3v) is 10.5. The maximum atomic E-state index is 13.0. The van der Waals surface area contributed by atoms with E-state index in [1.54, 1.807) is 20.8 Å². The van der Waals surface area contributed by atoms with Crippen molar-refractivity contribution in [3.63, 3.8) is 0 Å². The SMILES string of the molecule is CC(C)(C)COS(=O)(=O)CCC(NC(=O)OCc1ccccc1)C(CCc1ccccc1)SSCC(NC(=O)OC(C)(C)C)C(=O)O. The van der Waals surface area contributed by atoms with Crippen molar-refractivity contribution >= 4 is 49.9 Å². The lowest BCUT2D eigenvalue weighted by Gasteiger charge is -2.28. The number of hydrogen-bond acceptors (Lipinski definition) is 10. The summed E-state index contributed by atoms with van der Waals surface area (Å²) < 4.78 is 41.7. The summed E-state index contributed by atoms with van der Waals surface area (Å²) in [6.45, 7) is 10.7. The maximum absolute atomic E-state index is 13.0. The first-order chi connectivity index (χ1) is 21.9. The van der Waals surface area contributed by atoms with Crippen LogP contribution in [0.1, 0.15) is 65.5 Å². The minimum Gasteiger partial charge on any atom is -0.480 e. The van der Waals surface area contributed by atoms with Gasteiger partial charge in [0.25, 0.3) is 10.1 Å². The van der Waals surface area contributed by atoms with E-state index in [4.69, 9.17) is 13.7 Å². The molecular formula is C33H48N2O9S3. The Balaban J connectivity index is 2.24. The van der Waals surface area contributed by atoms with Crippen molar-refractivity contribution < 1.29 is 41.6 Å². The summed E-state index contributed by atoms with van der Waals surface area (Å²) in [6.07, 6.45) is -0.402. The van der Waals surface area contributed by atoms with Gasteiger partial charge in [0.2, 0.25) is 0 Å². The molecule has 0 radical (unpaired) electrons. The van der Waals surface area contributed by atoms with Crippen molar-refractivity contribution in [2.24, 2.45) is 5.41 Å². The molecule has 3 N–H and O–H groups in total. The molecule has 0 aliphatic carbocycles. The monoisotopic (exact) mass is 712 g/mol. The van der Waals surface area contributed by atoms with E-state index in [0.717, 1.165) is 11.1 Å². The Labute approximate surface area is 286 Å². The van der Waals surface area contributed by atoms with E-state index in [0.29, 0.717) is 12.8 Å². The van der Waals surface area contributed by atoms with E-state index in [2.05, 4.69) is 10.6 Å². The third kappa shape index (κ3) is 18.3. The molecule has 0 saturated carbocycles. The van der Waals surface area contributed by atoms with Crippen LogP contribution in [-0.2, 0) is 41.6 Å². The quantitative estimate of drug-likeness (QED) is 0.116. The molecule has 3 atom stereocenters. The molecule has 2 amide bonds. The summed E-state index contributed by atoms with van der Waals surface area (Å²) in [4.78, 5) is 37.3. The highest BCUT2D eigenvalue weighted by molar-refractivity contribution is 8.77. The first-order valence-electron chi connectivity index (χ1n) is 15.3. The number of carboxylic acids is 1. The largest absolute Gasteiger partial charge is 0.480 e. The average Bonchev–Trinajstić information content (AvgIpc) is 2.98. The van der Waals surface area contributed by atoms with Gasteiger partial charge in [-0.05, 0) is 56.6 Å². The molecule has 2 aromatic rings. The Morgan fingerprint density at radius 3 is 2.00 bits per heavy atom. The van der Waals surface area contributed by atoms with Gasteiger partial charge in [-0.3, -0.25) is 4.18 Å². The Morgan fingerprint density at radius 2 is 1.45 bits per heavy atom. The number of aliphatic carboxylic acids is 1. The second-order valence-electron chi connectivity index (χ2n) is 13.2. The summed E-state index contributed by atoms with van der Waals surface area (Å²) in [7, 11) is -1.41. The van der Waals surface area contributed by atoms with E-state index >= 15 is 0 Å². The van der Waals surface area contributed by atoms with Gasteiger partial charge in [0.15, 0.2) is 0 Å². The number of ether oxygens (including phenoxy) is 2. The molecule has 0 bridgehead atoms. The predicted molar refractivity (Wildman–Crippen MR) is 187 cm³/mol. The fraction of sp³-hybridized carbons (Fsp3) is 0.545. The minimum absolute atomic E-state index is 0.00973. The van der Waals surface area contributed by atoms with Crippen molar-refractivity contribution in [3.05, 3.63) is 71.8 Å². The Morgan fingerprint density at radius 1 is 0.851 bits per heavy atom. The van der Waals surface area contributed by atoms with E-state index in [-0.39, 0.29) is 41.8 Å². The van der Waals surface area contributed by atoms with Crippen LogP contribution in [0.15, 0.2) is 60.7 Å². The van der Waals surface area contributed by atoms with Gasteiger partial charge < -0.3 is 25.2 Å². The summed E-state index contributed by atoms with van der Waals surface area (Å²) in [6, 6.07) is 16.9. The lowest BCUT2D eigenvalue weighted by molar-refractivity contribution is -0.138. The van der Waals surface area contributed by atoms with Gasteiger partial charge in [-0.2, -0.15) is 8.42 Å². The van der Waals surface area contributed by atoms with Gasteiger partial charge in [-0.25, -0.2) is 14.4 Å². The van der Waals surface area contributed by atoms with Crippen molar-refractivity contribution in [2.45, 2.75) is 90.3 Å². The number of carboxylic acid groups (broad SMARTS) is 1. The number of carbonyl (C=O) groups is 3. The first kappa shape index (κ1) is 40.2. The second kappa shape index (κ2) is 19.2. The Hall–Kier alpha value is -2.94. The fourth-order valence-electron chi connectivity index (χ4n) is 3.95. The number of nitrogens with one attached hydrogen (secondary N) is 2. The number of amides is 2. The molecule has 2 aromatic carbocycles. The van der Waals surface area contributed by atoms with Crippen LogP contribution >= 0.6 is 21.6 Å². The zero-order valence-corrected chi connectivity index (χ0v) is 30.3. The van der Waals surface area contributed by atoms with Crippen molar-refractivity contribution in [1.82, 2.24) is 10.6 Å². The van der Waals surface area contributed by atoms with Crippen LogP contribution < -0.4 is 10.6 Å². The van der Waals surface area contributed by atoms with Crippen LogP contribution in [0, 0.1) is 5.41 Å². The molecule has 47 heavy (non-hydrogen) atoms. The molecule has 0 spiro atoms. The second-order valence-corrected chi connectivity index (χ2v) is 17.6. The predicted octanol–water partition coefficient (Wildman–Crippen LogP) is 6.42. The Bertz CT molecular complexity index is 1360. The van der Waals surface area contributed by atoms with Gasteiger partial charge in [0.05, 0.1) is 12.4 Å². The topological polar surface area (TPSA) is 157 Å². The van der Waals surface area contributed by atoms with Gasteiger partial charge in [0, 0.05) is 17.0 Å². The van der Waals surface area contributed by atoms with Gasteiger partial charge >= 0.3 is 18.2 Å². The molecule has 0 aromatic heterocycles. The van der Waals surface area contributed by atoms with E-state index in [1.807, 2.05) is 81.4 Å². The first-order valence-corrected chi connectivity index (χ1v) is 19.3. The van der Waals surface area contributed by atoms with Crippen molar-refractivity contribution in [2.75, 3.05) is 18.1 Å². The summed E-state index contributed by atoms with van der Waals surface area (Å²) in [5.41, 5.74) is 0.664. The Kier molecular flexibility index (Phi) is 16.4. The van der Waals surface area contributed by atoms with E-state index < -0.39 is 46.0 Å². The zero-order chi connectivity index (χ0) is 35.1. The zero-order valence-electron chi connectivity index (χ0n) is 27.9. The van der Waals surface area contributed by atoms with Crippen LogP contribution in [0.4, 0.5) is 9.59 Å². The number of aryl methyl sites for hydroxylation is 1. The molecule has 3 unspecified atom stereocenters. The molecule has 0 saturated heterocycles. The molecular weight excluding hydrogens is 665 g/mol. The summed E-state index contributed by atoms with van der Waals surface area (Å²) >= 11 is 0. The molecule has 0 heterocycles. The van der Waals surface area contributed by atoms with Crippen LogP contribution in [0.3, 0.4) is 0 Å². The van der Waals surface area contributed by atoms with E-state index in [9.17, 15) is 27.9 Å². The van der Waals surface area contributed by atoms with Gasteiger partial charge in [-0.15, -0.1) is 0 Å². The smallest absolute Gasteiger partial charge is 0.408 e.